The molecule has 3 nitrogen and oxygen atoms in total. The van der Waals surface area contributed by atoms with Gasteiger partial charge in [0.15, 0.2) is 0 Å². The van der Waals surface area contributed by atoms with Gasteiger partial charge in [0.05, 0.1) is 17.7 Å². The second-order valence-electron chi connectivity index (χ2n) is 3.11. The number of hydrogen-bond donors (Lipinski definition) is 0. The molecule has 2 rings (SSSR count). The Morgan fingerprint density at radius 2 is 2.06 bits per heavy atom. The summed E-state index contributed by atoms with van der Waals surface area (Å²) in [4.78, 5) is 0. The van der Waals surface area contributed by atoms with Crippen LogP contribution >= 0.6 is 15.9 Å². The lowest BCUT2D eigenvalue weighted by Gasteiger charge is -2.03. The minimum atomic E-state index is -0.386. The fraction of sp³-hybridized carbons (Fsp3) is 0.333. The Kier molecular flexibility index (Phi) is 4.23. The van der Waals surface area contributed by atoms with Crippen LogP contribution in [0.25, 0.3) is 0 Å². The standard InChI is InChI=1S/C12H11BrO3/c13-10-4-1-2-5-11(10)14-7-3-6-12-15-8-9-16-12/h1-2,4-5,12H,7-9H2. The number of hydrogen-bond acceptors (Lipinski definition) is 3. The Balaban J connectivity index is 1.81. The fourth-order valence-electron chi connectivity index (χ4n) is 1.24. The topological polar surface area (TPSA) is 27.7 Å². The highest BCUT2D eigenvalue weighted by Gasteiger charge is 2.11. The third kappa shape index (κ3) is 3.24. The highest BCUT2D eigenvalue weighted by molar-refractivity contribution is 9.10. The molecule has 0 saturated carbocycles. The monoisotopic (exact) mass is 282 g/mol. The quantitative estimate of drug-likeness (QED) is 0.779. The van der Waals surface area contributed by atoms with E-state index in [1.807, 2.05) is 24.3 Å². The maximum Gasteiger partial charge on any atom is 0.222 e. The van der Waals surface area contributed by atoms with Crippen LogP contribution in [0.15, 0.2) is 28.7 Å². The molecule has 1 saturated heterocycles. The maximum absolute atomic E-state index is 5.46. The molecule has 4 heteroatoms. The third-order valence-electron chi connectivity index (χ3n) is 1.98. The van der Waals surface area contributed by atoms with Gasteiger partial charge in [0, 0.05) is 0 Å². The van der Waals surface area contributed by atoms with Crippen LogP contribution in [-0.4, -0.2) is 26.1 Å². The van der Waals surface area contributed by atoms with E-state index in [0.29, 0.717) is 19.8 Å². The fourth-order valence-corrected chi connectivity index (χ4v) is 1.64. The van der Waals surface area contributed by atoms with E-state index in [2.05, 4.69) is 27.8 Å². The Hall–Kier alpha value is -1.02. The smallest absolute Gasteiger partial charge is 0.222 e. The van der Waals surface area contributed by atoms with Crippen molar-refractivity contribution in [2.45, 2.75) is 6.29 Å². The van der Waals surface area contributed by atoms with Crippen LogP contribution in [0.2, 0.25) is 0 Å². The lowest BCUT2D eigenvalue weighted by Crippen LogP contribution is -2.04. The third-order valence-corrected chi connectivity index (χ3v) is 2.63. The molecule has 0 atom stereocenters. The van der Waals surface area contributed by atoms with Crippen molar-refractivity contribution in [2.75, 3.05) is 19.8 Å². The zero-order chi connectivity index (χ0) is 11.2. The van der Waals surface area contributed by atoms with Crippen molar-refractivity contribution in [1.82, 2.24) is 0 Å². The molecule has 1 fully saturated rings. The second kappa shape index (κ2) is 5.90. The molecule has 0 N–H and O–H groups in total. The first-order valence-electron chi connectivity index (χ1n) is 4.95. The summed E-state index contributed by atoms with van der Waals surface area (Å²) in [5.41, 5.74) is 0. The average molecular weight is 283 g/mol. The largest absolute Gasteiger partial charge is 0.480 e. The molecule has 84 valence electrons. The maximum atomic E-state index is 5.46. The van der Waals surface area contributed by atoms with Crippen LogP contribution in [0, 0.1) is 11.8 Å². The molecule has 0 aromatic heterocycles. The molecule has 16 heavy (non-hydrogen) atoms. The summed E-state index contributed by atoms with van der Waals surface area (Å²) in [7, 11) is 0. The van der Waals surface area contributed by atoms with E-state index in [1.165, 1.54) is 0 Å². The SMILES string of the molecule is Brc1ccccc1OCC#CC1OCCO1. The summed E-state index contributed by atoms with van der Waals surface area (Å²) >= 11 is 3.39. The Bertz CT molecular complexity index is 402. The van der Waals surface area contributed by atoms with Gasteiger partial charge in [-0.3, -0.25) is 0 Å². The molecule has 0 amide bonds. The Morgan fingerprint density at radius 1 is 1.31 bits per heavy atom. The molecular formula is C12H11BrO3. The summed E-state index contributed by atoms with van der Waals surface area (Å²) in [6.45, 7) is 1.56. The highest BCUT2D eigenvalue weighted by atomic mass is 79.9. The first-order chi connectivity index (χ1) is 7.86. The van der Waals surface area contributed by atoms with E-state index < -0.39 is 0 Å². The Labute approximate surface area is 103 Å². The van der Waals surface area contributed by atoms with Gasteiger partial charge in [-0.15, -0.1) is 0 Å². The van der Waals surface area contributed by atoms with Gasteiger partial charge in [0.2, 0.25) is 6.29 Å². The first kappa shape index (κ1) is 11.5. The minimum Gasteiger partial charge on any atom is -0.480 e. The van der Waals surface area contributed by atoms with Crippen molar-refractivity contribution in [2.24, 2.45) is 0 Å². The van der Waals surface area contributed by atoms with E-state index in [0.717, 1.165) is 10.2 Å². The van der Waals surface area contributed by atoms with Crippen LogP contribution in [0.1, 0.15) is 0 Å². The molecule has 0 aliphatic carbocycles. The van der Waals surface area contributed by atoms with Gasteiger partial charge < -0.3 is 14.2 Å². The van der Waals surface area contributed by atoms with Crippen LogP contribution in [0.3, 0.4) is 0 Å². The molecule has 0 unspecified atom stereocenters. The second-order valence-corrected chi connectivity index (χ2v) is 3.97. The van der Waals surface area contributed by atoms with Crippen LogP contribution in [0.5, 0.6) is 5.75 Å². The average Bonchev–Trinajstić information content (AvgIpc) is 2.79. The van der Waals surface area contributed by atoms with Crippen molar-refractivity contribution >= 4 is 15.9 Å². The molecule has 1 heterocycles. The van der Waals surface area contributed by atoms with Crippen molar-refractivity contribution in [3.05, 3.63) is 28.7 Å². The van der Waals surface area contributed by atoms with E-state index in [-0.39, 0.29) is 6.29 Å². The van der Waals surface area contributed by atoms with Crippen molar-refractivity contribution in [1.29, 1.82) is 0 Å². The summed E-state index contributed by atoms with van der Waals surface area (Å²) in [5, 5.41) is 0. The number of para-hydroxylation sites is 1. The zero-order valence-corrected chi connectivity index (χ0v) is 10.2. The molecule has 1 aromatic carbocycles. The van der Waals surface area contributed by atoms with Crippen LogP contribution in [-0.2, 0) is 9.47 Å². The number of halogens is 1. The van der Waals surface area contributed by atoms with Gasteiger partial charge in [-0.1, -0.05) is 18.1 Å². The van der Waals surface area contributed by atoms with Gasteiger partial charge >= 0.3 is 0 Å². The van der Waals surface area contributed by atoms with Crippen molar-refractivity contribution in [3.63, 3.8) is 0 Å². The molecule has 1 aliphatic rings. The summed E-state index contributed by atoms with van der Waals surface area (Å²) in [6, 6.07) is 7.65. The molecule has 0 spiro atoms. The molecule has 0 bridgehead atoms. The molecule has 1 aromatic rings. The molecule has 1 aliphatic heterocycles. The van der Waals surface area contributed by atoms with E-state index in [4.69, 9.17) is 14.2 Å². The van der Waals surface area contributed by atoms with Crippen LogP contribution in [0.4, 0.5) is 0 Å². The van der Waals surface area contributed by atoms with Gasteiger partial charge in [0.1, 0.15) is 12.4 Å². The van der Waals surface area contributed by atoms with E-state index in [1.54, 1.807) is 0 Å². The first-order valence-corrected chi connectivity index (χ1v) is 5.74. The number of rotatable bonds is 2. The van der Waals surface area contributed by atoms with E-state index in [9.17, 15) is 0 Å². The number of ether oxygens (including phenoxy) is 3. The summed E-state index contributed by atoms with van der Waals surface area (Å²) < 4.78 is 16.7. The summed E-state index contributed by atoms with van der Waals surface area (Å²) in [5.74, 6) is 6.48. The lowest BCUT2D eigenvalue weighted by molar-refractivity contribution is 0.00631. The van der Waals surface area contributed by atoms with Gasteiger partial charge in [-0.25, -0.2) is 0 Å². The minimum absolute atomic E-state index is 0.325. The molecular weight excluding hydrogens is 272 g/mol. The van der Waals surface area contributed by atoms with E-state index >= 15 is 0 Å². The van der Waals surface area contributed by atoms with Gasteiger partial charge in [-0.05, 0) is 34.0 Å². The normalized spacial score (nSPS) is 15.6. The predicted octanol–water partition coefficient (Wildman–Crippen LogP) is 2.20. The van der Waals surface area contributed by atoms with Gasteiger partial charge in [0.25, 0.3) is 0 Å². The summed E-state index contributed by atoms with van der Waals surface area (Å²) in [6.07, 6.45) is -0.386. The highest BCUT2D eigenvalue weighted by Crippen LogP contribution is 2.23. The zero-order valence-electron chi connectivity index (χ0n) is 8.61. The van der Waals surface area contributed by atoms with Gasteiger partial charge in [-0.2, -0.15) is 0 Å². The molecule has 0 radical (unpaired) electrons. The van der Waals surface area contributed by atoms with Crippen molar-refractivity contribution in [3.8, 4) is 17.6 Å². The number of benzene rings is 1. The lowest BCUT2D eigenvalue weighted by atomic mass is 10.3. The van der Waals surface area contributed by atoms with Crippen LogP contribution < -0.4 is 4.74 Å². The van der Waals surface area contributed by atoms with Crippen molar-refractivity contribution < 1.29 is 14.2 Å². The Morgan fingerprint density at radius 3 is 2.81 bits per heavy atom. The predicted molar refractivity (Wildman–Crippen MR) is 63.1 cm³/mol.